The lowest BCUT2D eigenvalue weighted by Crippen LogP contribution is -2.45. The zero-order valence-corrected chi connectivity index (χ0v) is 12.1. The molecule has 1 aromatic heterocycles. The maximum absolute atomic E-state index is 12.7. The summed E-state index contributed by atoms with van der Waals surface area (Å²) in [6.07, 6.45) is 1.98. The minimum absolute atomic E-state index is 0.202. The van der Waals surface area contributed by atoms with Gasteiger partial charge in [0.1, 0.15) is 11.9 Å². The predicted molar refractivity (Wildman–Crippen MR) is 79.5 cm³/mol. The summed E-state index contributed by atoms with van der Waals surface area (Å²) >= 11 is 0. The summed E-state index contributed by atoms with van der Waals surface area (Å²) < 4.78 is 1.33. The second kappa shape index (κ2) is 5.47. The first-order chi connectivity index (χ1) is 9.86. The van der Waals surface area contributed by atoms with Crippen molar-refractivity contribution in [1.29, 1.82) is 0 Å². The smallest absolute Gasteiger partial charge is 0.262 e. The zero-order valence-electron chi connectivity index (χ0n) is 12.1. The fourth-order valence-corrected chi connectivity index (χ4v) is 2.51. The van der Waals surface area contributed by atoms with Crippen molar-refractivity contribution >= 4 is 23.5 Å². The molecule has 2 heterocycles. The fourth-order valence-electron chi connectivity index (χ4n) is 2.51. The van der Waals surface area contributed by atoms with Crippen molar-refractivity contribution in [3.05, 3.63) is 40.6 Å². The lowest BCUT2D eigenvalue weighted by atomic mass is 10.0. The Morgan fingerprint density at radius 1 is 1.43 bits per heavy atom. The summed E-state index contributed by atoms with van der Waals surface area (Å²) in [5.74, 6) is -0.385. The molecule has 1 aliphatic heterocycles. The molecule has 0 aromatic carbocycles. The van der Waals surface area contributed by atoms with Crippen molar-refractivity contribution in [2.75, 3.05) is 0 Å². The number of allylic oxidation sites excluding steroid dienone is 1. The van der Waals surface area contributed by atoms with E-state index in [1.165, 1.54) is 10.6 Å². The molecule has 1 unspecified atom stereocenters. The van der Waals surface area contributed by atoms with Gasteiger partial charge in [0.25, 0.3) is 5.56 Å². The number of hydrogen-bond donors (Lipinski definition) is 1. The number of carbonyl (C=O) groups is 2. The molecule has 1 aliphatic rings. The third-order valence-electron chi connectivity index (χ3n) is 3.46. The second-order valence-electron chi connectivity index (χ2n) is 5.05. The molecule has 1 aromatic rings. The maximum atomic E-state index is 12.7. The van der Waals surface area contributed by atoms with Crippen LogP contribution in [0.25, 0.3) is 11.6 Å². The van der Waals surface area contributed by atoms with E-state index < -0.39 is 11.9 Å². The van der Waals surface area contributed by atoms with E-state index in [2.05, 4.69) is 23.5 Å². The normalized spacial score (nSPS) is 18.3. The number of rotatable bonds is 3. The summed E-state index contributed by atoms with van der Waals surface area (Å²) in [6, 6.07) is -0.723. The third-order valence-corrected chi connectivity index (χ3v) is 3.46. The van der Waals surface area contributed by atoms with Crippen molar-refractivity contribution in [3.8, 4) is 0 Å². The molecule has 2 amide bonds. The molecule has 21 heavy (non-hydrogen) atoms. The number of nitrogens with one attached hydrogen (secondary N) is 1. The van der Waals surface area contributed by atoms with Gasteiger partial charge in [-0.25, -0.2) is 4.98 Å². The molecule has 2 rings (SSSR count). The molecular weight excluding hydrogens is 270 g/mol. The number of nitrogens with zero attached hydrogens (tertiary/aromatic N) is 2. The Morgan fingerprint density at radius 2 is 2.10 bits per heavy atom. The van der Waals surface area contributed by atoms with Crippen LogP contribution in [0.15, 0.2) is 18.0 Å². The minimum Gasteiger partial charge on any atom is -0.295 e. The molecule has 0 aliphatic carbocycles. The van der Waals surface area contributed by atoms with Crippen LogP contribution in [-0.2, 0) is 9.59 Å². The Balaban J connectivity index is 2.65. The number of hydrogen-bond acceptors (Lipinski definition) is 4. The van der Waals surface area contributed by atoms with E-state index in [1.54, 1.807) is 13.8 Å². The van der Waals surface area contributed by atoms with E-state index in [9.17, 15) is 14.4 Å². The van der Waals surface area contributed by atoms with Gasteiger partial charge in [0.05, 0.1) is 11.3 Å². The molecule has 0 saturated carbocycles. The average molecular weight is 287 g/mol. The quantitative estimate of drug-likeness (QED) is 0.847. The monoisotopic (exact) mass is 287 g/mol. The summed E-state index contributed by atoms with van der Waals surface area (Å²) in [5, 5.41) is 2.25. The van der Waals surface area contributed by atoms with Crippen molar-refractivity contribution in [1.82, 2.24) is 14.9 Å². The summed E-state index contributed by atoms with van der Waals surface area (Å²) in [7, 11) is 0. The Bertz CT molecular complexity index is 716. The van der Waals surface area contributed by atoms with E-state index in [4.69, 9.17) is 0 Å². The molecule has 1 atom stereocenters. The van der Waals surface area contributed by atoms with Crippen LogP contribution >= 0.6 is 0 Å². The highest BCUT2D eigenvalue weighted by molar-refractivity contribution is 5.99. The first-order valence-electron chi connectivity index (χ1n) is 6.62. The lowest BCUT2D eigenvalue weighted by molar-refractivity contribution is -0.135. The summed E-state index contributed by atoms with van der Waals surface area (Å²) in [4.78, 5) is 40.2. The molecule has 1 N–H and O–H groups in total. The van der Waals surface area contributed by atoms with Crippen molar-refractivity contribution in [2.45, 2.75) is 32.7 Å². The third kappa shape index (κ3) is 2.56. The van der Waals surface area contributed by atoms with E-state index in [0.29, 0.717) is 22.7 Å². The fraction of sp³-hybridized carbons (Fsp3) is 0.333. The average Bonchev–Trinajstić information content (AvgIpc) is 2.39. The highest BCUT2D eigenvalue weighted by Gasteiger charge is 2.31. The summed E-state index contributed by atoms with van der Waals surface area (Å²) in [6.45, 7) is 10.8. The number of imide groups is 1. The van der Waals surface area contributed by atoms with Crippen LogP contribution in [0.5, 0.6) is 0 Å². The summed E-state index contributed by atoms with van der Waals surface area (Å²) in [5.41, 5.74) is 1.02. The van der Waals surface area contributed by atoms with Crippen LogP contribution in [0, 0.1) is 6.92 Å². The minimum atomic E-state index is -0.723. The standard InChI is InChI=1S/C15H17N3O3/c1-5-10-13(8(2)3)15(21)18(9(4)16-10)11-6-7-12(19)17-14(11)20/h5,11H,1-2,6-7H2,3-4H3,(H,17,19,20). The van der Waals surface area contributed by atoms with Crippen molar-refractivity contribution < 1.29 is 9.59 Å². The van der Waals surface area contributed by atoms with Gasteiger partial charge in [-0.05, 0) is 31.9 Å². The van der Waals surface area contributed by atoms with Crippen LogP contribution < -0.4 is 10.9 Å². The van der Waals surface area contributed by atoms with Crippen LogP contribution in [0.2, 0.25) is 0 Å². The molecule has 6 nitrogen and oxygen atoms in total. The molecule has 110 valence electrons. The van der Waals surface area contributed by atoms with E-state index >= 15 is 0 Å². The van der Waals surface area contributed by atoms with Gasteiger partial charge in [-0.3, -0.25) is 24.3 Å². The topological polar surface area (TPSA) is 81.1 Å². The van der Waals surface area contributed by atoms with Gasteiger partial charge in [0.15, 0.2) is 0 Å². The molecular formula is C15H17N3O3. The number of amides is 2. The Hall–Kier alpha value is -2.50. The Labute approximate surface area is 122 Å². The maximum Gasteiger partial charge on any atom is 0.262 e. The molecule has 0 spiro atoms. The number of aromatic nitrogens is 2. The van der Waals surface area contributed by atoms with E-state index in [0.717, 1.165) is 0 Å². The molecule has 0 radical (unpaired) electrons. The largest absolute Gasteiger partial charge is 0.295 e. The molecule has 1 saturated heterocycles. The number of carbonyl (C=O) groups excluding carboxylic acids is 2. The molecule has 1 fully saturated rings. The van der Waals surface area contributed by atoms with Crippen molar-refractivity contribution in [2.24, 2.45) is 0 Å². The lowest BCUT2D eigenvalue weighted by Gasteiger charge is -2.25. The zero-order chi connectivity index (χ0) is 15.7. The SMILES string of the molecule is C=Cc1nc(C)n(C2CCC(=O)NC2=O)c(=O)c1C(=C)C. The van der Waals surface area contributed by atoms with Gasteiger partial charge >= 0.3 is 0 Å². The number of aryl methyl sites for hydroxylation is 1. The molecule has 0 bridgehead atoms. The van der Waals surface area contributed by atoms with Gasteiger partial charge in [-0.2, -0.15) is 0 Å². The highest BCUT2D eigenvalue weighted by Crippen LogP contribution is 2.20. The highest BCUT2D eigenvalue weighted by atomic mass is 16.2. The van der Waals surface area contributed by atoms with Crippen LogP contribution in [0.4, 0.5) is 0 Å². The van der Waals surface area contributed by atoms with Crippen LogP contribution in [0.1, 0.15) is 42.9 Å². The van der Waals surface area contributed by atoms with Gasteiger partial charge in [-0.15, -0.1) is 0 Å². The Kier molecular flexibility index (Phi) is 3.88. The molecule has 6 heteroatoms. The van der Waals surface area contributed by atoms with Crippen LogP contribution in [0.3, 0.4) is 0 Å². The first-order valence-corrected chi connectivity index (χ1v) is 6.62. The van der Waals surface area contributed by atoms with Crippen LogP contribution in [-0.4, -0.2) is 21.4 Å². The van der Waals surface area contributed by atoms with Crippen molar-refractivity contribution in [3.63, 3.8) is 0 Å². The van der Waals surface area contributed by atoms with E-state index in [-0.39, 0.29) is 24.3 Å². The second-order valence-corrected chi connectivity index (χ2v) is 5.05. The van der Waals surface area contributed by atoms with E-state index in [1.807, 2.05) is 0 Å². The first kappa shape index (κ1) is 14.9. The van der Waals surface area contributed by atoms with Gasteiger partial charge < -0.3 is 0 Å². The predicted octanol–water partition coefficient (Wildman–Crippen LogP) is 1.21. The van der Waals surface area contributed by atoms with Gasteiger partial charge in [-0.1, -0.05) is 13.2 Å². The Morgan fingerprint density at radius 3 is 2.62 bits per heavy atom. The number of piperidine rings is 1. The van der Waals surface area contributed by atoms with Gasteiger partial charge in [0, 0.05) is 6.42 Å². The van der Waals surface area contributed by atoms with Gasteiger partial charge in [0.2, 0.25) is 11.8 Å².